The lowest BCUT2D eigenvalue weighted by Gasteiger charge is -2.25. The maximum absolute atomic E-state index is 12.7. The van der Waals surface area contributed by atoms with E-state index in [1.807, 2.05) is 18.2 Å². The van der Waals surface area contributed by atoms with Gasteiger partial charge in [0.15, 0.2) is 23.8 Å². The first-order valence-electron chi connectivity index (χ1n) is 11.6. The first-order chi connectivity index (χ1) is 17.6. The van der Waals surface area contributed by atoms with Gasteiger partial charge in [-0.1, -0.05) is 0 Å². The third kappa shape index (κ3) is 4.13. The molecule has 0 spiro atoms. The Morgan fingerprint density at radius 3 is 2.97 bits per heavy atom. The summed E-state index contributed by atoms with van der Waals surface area (Å²) in [6.45, 7) is 0.576. The van der Waals surface area contributed by atoms with Crippen LogP contribution in [-0.4, -0.2) is 50.2 Å². The second-order valence-electron chi connectivity index (χ2n) is 8.73. The topological polar surface area (TPSA) is 133 Å². The molecule has 1 amide bonds. The van der Waals surface area contributed by atoms with E-state index < -0.39 is 0 Å². The summed E-state index contributed by atoms with van der Waals surface area (Å²) in [7, 11) is 1.53. The van der Waals surface area contributed by atoms with Crippen LogP contribution in [0.1, 0.15) is 23.4 Å². The standard InChI is InChI=1S/C25H23N7O4/c1-35-22-7-5-18-25(31-22)32(23(34)12-28-18)17-8-14-2-3-15(9-19(14)27-11-17)26-10-16-4-6-20-24(29-16)30-21(33)13-36-20/h4-8,11-12,15,26H,2-3,9-10,13H2,1H3,(H,29,30,33). The Kier molecular flexibility index (Phi) is 5.53. The molecule has 36 heavy (non-hydrogen) atoms. The van der Waals surface area contributed by atoms with Crippen molar-refractivity contribution in [3.63, 3.8) is 0 Å². The Bertz CT molecular complexity index is 1550. The van der Waals surface area contributed by atoms with Crippen molar-refractivity contribution >= 4 is 22.9 Å². The molecule has 0 fully saturated rings. The lowest BCUT2D eigenvalue weighted by atomic mass is 9.91. The number of carbonyl (C=O) groups is 1. The highest BCUT2D eigenvalue weighted by molar-refractivity contribution is 5.94. The van der Waals surface area contributed by atoms with Crippen molar-refractivity contribution in [2.24, 2.45) is 0 Å². The minimum absolute atomic E-state index is 0.0131. The molecule has 1 atom stereocenters. The molecule has 0 aromatic carbocycles. The highest BCUT2D eigenvalue weighted by Gasteiger charge is 2.22. The number of aryl methyl sites for hydroxylation is 1. The quantitative estimate of drug-likeness (QED) is 0.432. The van der Waals surface area contributed by atoms with Gasteiger partial charge >= 0.3 is 0 Å². The third-order valence-electron chi connectivity index (χ3n) is 6.39. The summed E-state index contributed by atoms with van der Waals surface area (Å²) in [6, 6.07) is 9.45. The second kappa shape index (κ2) is 9.00. The van der Waals surface area contributed by atoms with Gasteiger partial charge in [0.1, 0.15) is 5.52 Å². The first kappa shape index (κ1) is 22.1. The summed E-state index contributed by atoms with van der Waals surface area (Å²) in [4.78, 5) is 42.1. The Labute approximate surface area is 205 Å². The minimum atomic E-state index is -0.278. The van der Waals surface area contributed by atoms with E-state index in [-0.39, 0.29) is 24.1 Å². The summed E-state index contributed by atoms with van der Waals surface area (Å²) in [5, 5.41) is 6.28. The molecule has 0 saturated carbocycles. The van der Waals surface area contributed by atoms with Gasteiger partial charge in [-0.2, -0.15) is 4.98 Å². The van der Waals surface area contributed by atoms with Crippen LogP contribution in [0.5, 0.6) is 11.6 Å². The van der Waals surface area contributed by atoms with Crippen LogP contribution in [0.25, 0.3) is 16.9 Å². The van der Waals surface area contributed by atoms with Crippen LogP contribution in [0.3, 0.4) is 0 Å². The van der Waals surface area contributed by atoms with Crippen LogP contribution in [-0.2, 0) is 24.2 Å². The van der Waals surface area contributed by atoms with E-state index in [2.05, 4.69) is 25.6 Å². The van der Waals surface area contributed by atoms with Crippen molar-refractivity contribution in [3.05, 3.63) is 70.0 Å². The number of hydrogen-bond acceptors (Lipinski definition) is 9. The Morgan fingerprint density at radius 2 is 2.08 bits per heavy atom. The Balaban J connectivity index is 1.20. The largest absolute Gasteiger partial charge is 0.481 e. The predicted octanol–water partition coefficient (Wildman–Crippen LogP) is 1.56. The van der Waals surface area contributed by atoms with Crippen molar-refractivity contribution in [1.29, 1.82) is 0 Å². The number of rotatable bonds is 5. The van der Waals surface area contributed by atoms with Crippen molar-refractivity contribution in [1.82, 2.24) is 29.8 Å². The highest BCUT2D eigenvalue weighted by atomic mass is 16.5. The van der Waals surface area contributed by atoms with E-state index in [4.69, 9.17) is 14.5 Å². The van der Waals surface area contributed by atoms with Gasteiger partial charge in [-0.15, -0.1) is 0 Å². The number of carbonyl (C=O) groups excluding carboxylic acids is 1. The van der Waals surface area contributed by atoms with E-state index in [0.717, 1.165) is 36.2 Å². The molecule has 1 unspecified atom stereocenters. The minimum Gasteiger partial charge on any atom is -0.481 e. The maximum Gasteiger partial charge on any atom is 0.275 e. The zero-order valence-corrected chi connectivity index (χ0v) is 19.5. The first-order valence-corrected chi connectivity index (χ1v) is 11.6. The predicted molar refractivity (Wildman–Crippen MR) is 130 cm³/mol. The zero-order valence-electron chi connectivity index (χ0n) is 19.5. The van der Waals surface area contributed by atoms with Crippen molar-refractivity contribution in [2.45, 2.75) is 31.8 Å². The van der Waals surface area contributed by atoms with Crippen LogP contribution in [0.15, 0.2) is 47.5 Å². The highest BCUT2D eigenvalue weighted by Crippen LogP contribution is 2.26. The summed E-state index contributed by atoms with van der Waals surface area (Å²) < 4.78 is 12.1. The number of anilines is 1. The van der Waals surface area contributed by atoms with Gasteiger partial charge in [0, 0.05) is 30.8 Å². The van der Waals surface area contributed by atoms with Crippen molar-refractivity contribution < 1.29 is 14.3 Å². The molecular formula is C25H23N7O4. The lowest BCUT2D eigenvalue weighted by molar-refractivity contribution is -0.118. The van der Waals surface area contributed by atoms with Crippen LogP contribution in [0.2, 0.25) is 0 Å². The van der Waals surface area contributed by atoms with Crippen LogP contribution in [0.4, 0.5) is 5.82 Å². The average Bonchev–Trinajstić information content (AvgIpc) is 2.91. The molecule has 2 N–H and O–H groups in total. The van der Waals surface area contributed by atoms with E-state index in [1.165, 1.54) is 17.9 Å². The van der Waals surface area contributed by atoms with E-state index in [1.54, 1.807) is 18.3 Å². The molecule has 4 aromatic rings. The molecule has 0 radical (unpaired) electrons. The van der Waals surface area contributed by atoms with Crippen LogP contribution < -0.4 is 25.7 Å². The maximum atomic E-state index is 12.7. The third-order valence-corrected chi connectivity index (χ3v) is 6.39. The Morgan fingerprint density at radius 1 is 1.17 bits per heavy atom. The molecule has 0 saturated heterocycles. The molecule has 4 aromatic heterocycles. The monoisotopic (exact) mass is 485 g/mol. The number of nitrogens with zero attached hydrogens (tertiary/aromatic N) is 5. The molecule has 2 aliphatic rings. The Hall–Kier alpha value is -4.38. The number of methoxy groups -OCH3 is 1. The summed E-state index contributed by atoms with van der Waals surface area (Å²) >= 11 is 0. The van der Waals surface area contributed by atoms with Gasteiger partial charge in [0.05, 0.1) is 30.9 Å². The summed E-state index contributed by atoms with van der Waals surface area (Å²) in [6.07, 6.45) is 5.50. The normalized spacial score (nSPS) is 16.6. The van der Waals surface area contributed by atoms with E-state index >= 15 is 0 Å². The van der Waals surface area contributed by atoms with Crippen LogP contribution >= 0.6 is 0 Å². The molecule has 11 nitrogen and oxygen atoms in total. The molecule has 182 valence electrons. The van der Waals surface area contributed by atoms with Gasteiger partial charge in [-0.3, -0.25) is 19.1 Å². The molecule has 1 aliphatic heterocycles. The van der Waals surface area contributed by atoms with Crippen molar-refractivity contribution in [3.8, 4) is 17.3 Å². The number of nitrogens with one attached hydrogen (secondary N) is 2. The van der Waals surface area contributed by atoms with Gasteiger partial charge in [0.2, 0.25) is 5.88 Å². The SMILES string of the molecule is COc1ccc2ncc(=O)n(-c3cnc4c(c3)CCC(NCc3ccc5c(n3)NC(=O)CO5)C4)c2n1. The van der Waals surface area contributed by atoms with Gasteiger partial charge in [-0.25, -0.2) is 9.97 Å². The lowest BCUT2D eigenvalue weighted by Crippen LogP contribution is -2.35. The van der Waals surface area contributed by atoms with Crippen LogP contribution in [0, 0.1) is 0 Å². The summed E-state index contributed by atoms with van der Waals surface area (Å²) in [5.74, 6) is 1.25. The molecule has 0 bridgehead atoms. The van der Waals surface area contributed by atoms with Crippen molar-refractivity contribution in [2.75, 3.05) is 19.0 Å². The number of ether oxygens (including phenoxy) is 2. The fraction of sp³-hybridized carbons (Fsp3) is 0.280. The van der Waals surface area contributed by atoms with Gasteiger partial charge < -0.3 is 20.1 Å². The smallest absolute Gasteiger partial charge is 0.275 e. The fourth-order valence-electron chi connectivity index (χ4n) is 4.58. The number of fused-ring (bicyclic) bond motifs is 3. The number of hydrogen-bond donors (Lipinski definition) is 2. The molecule has 6 rings (SSSR count). The van der Waals surface area contributed by atoms with Gasteiger partial charge in [0.25, 0.3) is 11.5 Å². The number of pyridine rings is 3. The van der Waals surface area contributed by atoms with E-state index in [9.17, 15) is 9.59 Å². The molecular weight excluding hydrogens is 462 g/mol. The number of amides is 1. The zero-order chi connectivity index (χ0) is 24.6. The molecule has 5 heterocycles. The van der Waals surface area contributed by atoms with Gasteiger partial charge in [-0.05, 0) is 42.7 Å². The number of aromatic nitrogens is 5. The average molecular weight is 486 g/mol. The van der Waals surface area contributed by atoms with E-state index in [0.29, 0.717) is 40.8 Å². The summed E-state index contributed by atoms with van der Waals surface area (Å²) in [5.41, 5.74) is 4.33. The second-order valence-corrected chi connectivity index (χ2v) is 8.73. The molecule has 1 aliphatic carbocycles. The fourth-order valence-corrected chi connectivity index (χ4v) is 4.58. The molecule has 11 heteroatoms.